The Balaban J connectivity index is 1.56. The number of rotatable bonds is 4. The molecule has 2 heterocycles. The first-order valence-electron chi connectivity index (χ1n) is 8.49. The fourth-order valence-electron chi connectivity index (χ4n) is 2.69. The number of benzene rings is 2. The van der Waals surface area contributed by atoms with Crippen LogP contribution in [0, 0.1) is 0 Å². The first-order valence-corrected chi connectivity index (χ1v) is 12.5. The molecule has 0 bridgehead atoms. The number of anilines is 1. The summed E-state index contributed by atoms with van der Waals surface area (Å²) in [5.41, 5.74) is 2.92. The Morgan fingerprint density at radius 3 is 2.37 bits per heavy atom. The van der Waals surface area contributed by atoms with Crippen molar-refractivity contribution in [2.45, 2.75) is 13.0 Å². The summed E-state index contributed by atoms with van der Waals surface area (Å²) >= 11 is 15.1. The summed E-state index contributed by atoms with van der Waals surface area (Å²) in [4.78, 5) is 17.5. The quantitative estimate of drug-likeness (QED) is 0.266. The van der Waals surface area contributed by atoms with Crippen LogP contribution in [0.1, 0.15) is 6.92 Å². The van der Waals surface area contributed by atoms with E-state index in [1.165, 1.54) is 16.3 Å². The number of halogens is 4. The van der Waals surface area contributed by atoms with Crippen molar-refractivity contribution in [3.05, 3.63) is 59.7 Å². The topological polar surface area (TPSA) is 70.3 Å². The molecule has 0 fully saturated rings. The van der Waals surface area contributed by atoms with Gasteiger partial charge in [-0.25, -0.2) is 4.98 Å². The fourth-order valence-corrected chi connectivity index (χ4v) is 6.16. The van der Waals surface area contributed by atoms with E-state index in [-0.39, 0.29) is 5.91 Å². The minimum Gasteiger partial charge on any atom is -0.269 e. The number of hydrazone groups is 1. The van der Waals surface area contributed by atoms with Crippen molar-refractivity contribution in [3.8, 4) is 11.3 Å². The average Bonchev–Trinajstić information content (AvgIpc) is 3.27. The number of hydrogen-bond acceptors (Lipinski definition) is 6. The number of azo groups is 1. The zero-order chi connectivity index (χ0) is 21.4. The molecule has 0 spiro atoms. The van der Waals surface area contributed by atoms with Crippen LogP contribution in [-0.2, 0) is 4.79 Å². The van der Waals surface area contributed by atoms with Gasteiger partial charge in [-0.15, -0.1) is 11.3 Å². The molecular formula is C19H11Br4N5OS. The Labute approximate surface area is 210 Å². The smallest absolute Gasteiger partial charge is 0.269 e. The Bertz CT molecular complexity index is 1170. The zero-order valence-electron chi connectivity index (χ0n) is 15.2. The largest absolute Gasteiger partial charge is 0.282 e. The highest BCUT2D eigenvalue weighted by atomic mass is 79.9. The van der Waals surface area contributed by atoms with Crippen LogP contribution in [0.5, 0.6) is 0 Å². The summed E-state index contributed by atoms with van der Waals surface area (Å²) in [6.07, 6.45) is 0. The molecule has 1 aromatic heterocycles. The average molecular weight is 677 g/mol. The van der Waals surface area contributed by atoms with Crippen LogP contribution in [0.2, 0.25) is 0 Å². The number of hydrogen-bond donors (Lipinski definition) is 0. The van der Waals surface area contributed by atoms with E-state index in [2.05, 4.69) is 84.0 Å². The van der Waals surface area contributed by atoms with Gasteiger partial charge in [-0.05, 0) is 63.0 Å². The summed E-state index contributed by atoms with van der Waals surface area (Å²) in [5, 5.41) is 16.6. The van der Waals surface area contributed by atoms with Gasteiger partial charge in [0.15, 0.2) is 6.04 Å². The van der Waals surface area contributed by atoms with Crippen LogP contribution in [0.3, 0.4) is 0 Å². The maximum absolute atomic E-state index is 12.9. The van der Waals surface area contributed by atoms with Crippen molar-refractivity contribution in [1.82, 2.24) is 4.98 Å². The van der Waals surface area contributed by atoms with E-state index in [4.69, 9.17) is 0 Å². The third-order valence-corrected chi connectivity index (χ3v) is 7.18. The van der Waals surface area contributed by atoms with Gasteiger partial charge in [-0.3, -0.25) is 4.79 Å². The number of thiazole rings is 1. The fraction of sp³-hybridized carbons (Fsp3) is 0.105. The van der Waals surface area contributed by atoms with Gasteiger partial charge >= 0.3 is 0 Å². The third-order valence-electron chi connectivity index (χ3n) is 4.16. The molecule has 6 nitrogen and oxygen atoms in total. The van der Waals surface area contributed by atoms with Crippen LogP contribution in [0.4, 0.5) is 10.8 Å². The van der Waals surface area contributed by atoms with Crippen LogP contribution in [0.25, 0.3) is 11.3 Å². The minimum absolute atomic E-state index is 0.280. The van der Waals surface area contributed by atoms with Crippen molar-refractivity contribution < 1.29 is 4.79 Å². The monoisotopic (exact) mass is 673 g/mol. The highest BCUT2D eigenvalue weighted by molar-refractivity contribution is 9.11. The minimum atomic E-state index is -0.785. The van der Waals surface area contributed by atoms with Crippen molar-refractivity contribution in [3.63, 3.8) is 0 Å². The molecule has 30 heavy (non-hydrogen) atoms. The molecule has 0 aliphatic carbocycles. The molecule has 2 aromatic carbocycles. The third kappa shape index (κ3) is 4.50. The van der Waals surface area contributed by atoms with E-state index in [1.54, 1.807) is 6.92 Å². The predicted molar refractivity (Wildman–Crippen MR) is 134 cm³/mol. The highest BCUT2D eigenvalue weighted by Gasteiger charge is 2.36. The molecule has 1 aliphatic heterocycles. The van der Waals surface area contributed by atoms with E-state index in [1.807, 2.05) is 41.8 Å². The van der Waals surface area contributed by atoms with Gasteiger partial charge in [0.2, 0.25) is 5.13 Å². The van der Waals surface area contributed by atoms with Crippen LogP contribution >= 0.6 is 75.1 Å². The number of aromatic nitrogens is 1. The lowest BCUT2D eigenvalue weighted by Gasteiger charge is -2.08. The molecule has 0 saturated carbocycles. The summed E-state index contributed by atoms with van der Waals surface area (Å²) in [6.45, 7) is 1.76. The predicted octanol–water partition coefficient (Wildman–Crippen LogP) is 7.74. The van der Waals surface area contributed by atoms with Gasteiger partial charge in [0.1, 0.15) is 5.69 Å². The van der Waals surface area contributed by atoms with Gasteiger partial charge in [0.05, 0.1) is 11.4 Å². The molecule has 1 unspecified atom stereocenters. The standard InChI is InChI=1S/C19H11Br4N5OS/c1-9-16(25-26-17-13(22)6-12(21)7-14(17)23)18(29)28(27-9)19-24-15(8-30-19)10-2-4-11(20)5-3-10/h2-8,16H,1H3. The second-order valence-corrected chi connectivity index (χ2v) is 10.6. The SMILES string of the molecule is CC1=NN(c2nc(-c3ccc(Br)cc3)cs2)C(=O)C1N=Nc1c(Br)cc(Br)cc1Br. The van der Waals surface area contributed by atoms with Gasteiger partial charge in [0, 0.05) is 28.8 Å². The van der Waals surface area contributed by atoms with Crippen LogP contribution < -0.4 is 5.01 Å². The Morgan fingerprint density at radius 2 is 1.70 bits per heavy atom. The van der Waals surface area contributed by atoms with E-state index < -0.39 is 6.04 Å². The van der Waals surface area contributed by atoms with Gasteiger partial charge in [0.25, 0.3) is 5.91 Å². The van der Waals surface area contributed by atoms with E-state index in [0.717, 1.165) is 29.1 Å². The summed E-state index contributed by atoms with van der Waals surface area (Å²) < 4.78 is 3.40. The van der Waals surface area contributed by atoms with Crippen molar-refractivity contribution in [2.75, 3.05) is 5.01 Å². The Morgan fingerprint density at radius 1 is 1.03 bits per heavy atom. The molecule has 1 aliphatic rings. The molecule has 0 saturated heterocycles. The Hall–Kier alpha value is -1.27. The van der Waals surface area contributed by atoms with Gasteiger partial charge in [-0.1, -0.05) is 44.0 Å². The number of amides is 1. The van der Waals surface area contributed by atoms with Gasteiger partial charge < -0.3 is 0 Å². The van der Waals surface area contributed by atoms with E-state index in [0.29, 0.717) is 16.5 Å². The second kappa shape index (κ2) is 9.07. The van der Waals surface area contributed by atoms with Crippen molar-refractivity contribution >= 4 is 97.5 Å². The zero-order valence-corrected chi connectivity index (χ0v) is 22.3. The summed E-state index contributed by atoms with van der Waals surface area (Å²) in [6, 6.07) is 10.8. The lowest BCUT2D eigenvalue weighted by molar-refractivity contribution is -0.117. The van der Waals surface area contributed by atoms with Crippen molar-refractivity contribution in [2.24, 2.45) is 15.3 Å². The maximum Gasteiger partial charge on any atom is 0.282 e. The van der Waals surface area contributed by atoms with E-state index >= 15 is 0 Å². The molecule has 0 N–H and O–H groups in total. The molecule has 152 valence electrons. The summed E-state index contributed by atoms with van der Waals surface area (Å²) in [5.74, 6) is -0.280. The molecule has 4 rings (SSSR count). The lowest BCUT2D eigenvalue weighted by atomic mass is 10.2. The van der Waals surface area contributed by atoms with Crippen LogP contribution in [-0.4, -0.2) is 22.6 Å². The lowest BCUT2D eigenvalue weighted by Crippen LogP contribution is -2.29. The molecule has 3 aromatic rings. The highest BCUT2D eigenvalue weighted by Crippen LogP contribution is 2.37. The normalized spacial score (nSPS) is 16.6. The van der Waals surface area contributed by atoms with Crippen LogP contribution in [0.15, 0.2) is 75.0 Å². The molecule has 1 amide bonds. The molecular weight excluding hydrogens is 666 g/mol. The number of carbonyl (C=O) groups is 1. The summed E-state index contributed by atoms with van der Waals surface area (Å²) in [7, 11) is 0. The van der Waals surface area contributed by atoms with Gasteiger partial charge in [-0.2, -0.15) is 20.3 Å². The van der Waals surface area contributed by atoms with Crippen molar-refractivity contribution in [1.29, 1.82) is 0 Å². The van der Waals surface area contributed by atoms with E-state index in [9.17, 15) is 4.79 Å². The molecule has 0 radical (unpaired) electrons. The number of carbonyl (C=O) groups excluding carboxylic acids is 1. The number of nitrogens with zero attached hydrogens (tertiary/aromatic N) is 5. The molecule has 1 atom stereocenters. The first kappa shape index (κ1) is 21.9. The second-order valence-electron chi connectivity index (χ2n) is 6.25. The maximum atomic E-state index is 12.9. The Kier molecular flexibility index (Phi) is 6.64. The molecule has 11 heteroatoms. The first-order chi connectivity index (χ1) is 14.3.